The summed E-state index contributed by atoms with van der Waals surface area (Å²) in [7, 11) is -4.74. The van der Waals surface area contributed by atoms with Crippen LogP contribution in [0.5, 0.6) is 0 Å². The van der Waals surface area contributed by atoms with Crippen LogP contribution in [0.4, 0.5) is 0 Å². The van der Waals surface area contributed by atoms with Crippen molar-refractivity contribution in [1.29, 1.82) is 0 Å². The van der Waals surface area contributed by atoms with Crippen molar-refractivity contribution in [2.45, 2.75) is 155 Å². The lowest BCUT2D eigenvalue weighted by Gasteiger charge is -2.18. The van der Waals surface area contributed by atoms with Gasteiger partial charge in [0.05, 0.1) is 6.61 Å². The molecule has 41 heavy (non-hydrogen) atoms. The van der Waals surface area contributed by atoms with Crippen LogP contribution in [0.2, 0.25) is 0 Å². The Kier molecular flexibility index (Phi) is 27.6. The maximum absolute atomic E-state index is 12.3. The first-order chi connectivity index (χ1) is 19.8. The summed E-state index contributed by atoms with van der Waals surface area (Å²) in [4.78, 5) is 42.4. The number of ether oxygens (including phenoxy) is 2. The highest BCUT2D eigenvalue weighted by Gasteiger charge is 2.22. The van der Waals surface area contributed by atoms with Gasteiger partial charge in [-0.3, -0.25) is 14.1 Å². The molecule has 0 bridgehead atoms. The Balaban J connectivity index is 4.06. The molecule has 9 heteroatoms. The van der Waals surface area contributed by atoms with E-state index in [-0.39, 0.29) is 19.4 Å². The van der Waals surface area contributed by atoms with Gasteiger partial charge in [0, 0.05) is 12.8 Å². The summed E-state index contributed by atoms with van der Waals surface area (Å²) in [6, 6.07) is 0. The second-order valence-electron chi connectivity index (χ2n) is 10.8. The molecule has 1 atom stereocenters. The molecule has 240 valence electrons. The predicted molar refractivity (Wildman–Crippen MR) is 165 cm³/mol. The fourth-order valence-electron chi connectivity index (χ4n) is 4.27. The third-order valence-corrected chi connectivity index (χ3v) is 7.21. The van der Waals surface area contributed by atoms with Gasteiger partial charge in [-0.05, 0) is 38.5 Å². The SMILES string of the molecule is CCCC/C=C\C/C=C\CCCCCCCC(=O)O[C@H](COC(=O)CCCCCCCCCCC)COP(=O)(O)O. The van der Waals surface area contributed by atoms with Crippen LogP contribution in [-0.2, 0) is 28.2 Å². The number of hydrogen-bond donors (Lipinski definition) is 2. The quantitative estimate of drug-likeness (QED) is 0.0377. The van der Waals surface area contributed by atoms with E-state index < -0.39 is 32.5 Å². The van der Waals surface area contributed by atoms with Crippen LogP contribution >= 0.6 is 7.82 Å². The lowest BCUT2D eigenvalue weighted by Crippen LogP contribution is -2.29. The molecule has 0 saturated carbocycles. The molecule has 0 aromatic rings. The molecular weight excluding hydrogens is 543 g/mol. The summed E-state index contributed by atoms with van der Waals surface area (Å²) < 4.78 is 26.1. The van der Waals surface area contributed by atoms with E-state index in [0.717, 1.165) is 64.2 Å². The molecule has 0 aromatic carbocycles. The van der Waals surface area contributed by atoms with Crippen LogP contribution in [-0.4, -0.2) is 41.0 Å². The zero-order chi connectivity index (χ0) is 30.4. The van der Waals surface area contributed by atoms with Crippen molar-refractivity contribution in [1.82, 2.24) is 0 Å². The second kappa shape index (κ2) is 28.6. The normalized spacial score (nSPS) is 12.8. The average molecular weight is 603 g/mol. The summed E-state index contributed by atoms with van der Waals surface area (Å²) in [6.45, 7) is 3.58. The molecule has 0 aliphatic rings. The molecule has 0 aliphatic carbocycles. The molecule has 0 heterocycles. The fourth-order valence-corrected chi connectivity index (χ4v) is 4.63. The van der Waals surface area contributed by atoms with E-state index in [9.17, 15) is 14.2 Å². The van der Waals surface area contributed by atoms with Gasteiger partial charge in [-0.25, -0.2) is 4.57 Å². The molecule has 0 amide bonds. The molecular formula is C32H59O8P. The molecule has 0 unspecified atom stereocenters. The van der Waals surface area contributed by atoms with Crippen molar-refractivity contribution in [3.63, 3.8) is 0 Å². The van der Waals surface area contributed by atoms with E-state index in [1.165, 1.54) is 51.4 Å². The lowest BCUT2D eigenvalue weighted by atomic mass is 10.1. The minimum absolute atomic E-state index is 0.197. The molecule has 2 N–H and O–H groups in total. The monoisotopic (exact) mass is 602 g/mol. The number of phosphoric acid groups is 1. The van der Waals surface area contributed by atoms with Gasteiger partial charge in [0.15, 0.2) is 6.10 Å². The van der Waals surface area contributed by atoms with Crippen LogP contribution in [0.1, 0.15) is 149 Å². The Morgan fingerprint density at radius 2 is 1.12 bits per heavy atom. The maximum Gasteiger partial charge on any atom is 0.469 e. The molecule has 8 nitrogen and oxygen atoms in total. The number of rotatable bonds is 29. The summed E-state index contributed by atoms with van der Waals surface area (Å²) in [5.41, 5.74) is 0. The molecule has 0 aromatic heterocycles. The Labute approximate surface area is 249 Å². The van der Waals surface area contributed by atoms with Crippen LogP contribution in [0, 0.1) is 0 Å². The summed E-state index contributed by atoms with van der Waals surface area (Å²) >= 11 is 0. The zero-order valence-corrected chi connectivity index (χ0v) is 26.8. The Hall–Kier alpha value is -1.47. The average Bonchev–Trinajstić information content (AvgIpc) is 2.93. The molecule has 0 radical (unpaired) electrons. The van der Waals surface area contributed by atoms with Crippen LogP contribution < -0.4 is 0 Å². The van der Waals surface area contributed by atoms with Gasteiger partial charge >= 0.3 is 19.8 Å². The van der Waals surface area contributed by atoms with Crippen molar-refractivity contribution >= 4 is 19.8 Å². The lowest BCUT2D eigenvalue weighted by molar-refractivity contribution is -0.161. The van der Waals surface area contributed by atoms with E-state index in [0.29, 0.717) is 6.42 Å². The molecule has 0 spiro atoms. The first-order valence-electron chi connectivity index (χ1n) is 16.1. The summed E-state index contributed by atoms with van der Waals surface area (Å²) in [5, 5.41) is 0. The molecule has 0 aliphatic heterocycles. The predicted octanol–water partition coefficient (Wildman–Crippen LogP) is 8.90. The van der Waals surface area contributed by atoms with Crippen LogP contribution in [0.25, 0.3) is 0 Å². The van der Waals surface area contributed by atoms with Crippen LogP contribution in [0.15, 0.2) is 24.3 Å². The van der Waals surface area contributed by atoms with Crippen molar-refractivity contribution in [2.24, 2.45) is 0 Å². The highest BCUT2D eigenvalue weighted by atomic mass is 31.2. The van der Waals surface area contributed by atoms with Gasteiger partial charge in [-0.1, -0.05) is 122 Å². The number of phosphoric ester groups is 1. The van der Waals surface area contributed by atoms with Gasteiger partial charge in [-0.15, -0.1) is 0 Å². The van der Waals surface area contributed by atoms with Crippen molar-refractivity contribution < 1.29 is 37.9 Å². The molecule has 0 fully saturated rings. The maximum atomic E-state index is 12.3. The summed E-state index contributed by atoms with van der Waals surface area (Å²) in [6.07, 6.45) is 29.1. The standard InChI is InChI=1S/C32H59O8P/c1-3-5-7-9-11-13-14-15-16-17-19-21-23-25-27-32(34)40-30(29-39-41(35,36)37)28-38-31(33)26-24-22-20-18-12-10-8-6-4-2/h9,11,14-15,30H,3-8,10,12-13,16-29H2,1-2H3,(H2,35,36,37)/b11-9-,15-14-/t30-/m1/s1. The minimum atomic E-state index is -4.74. The third-order valence-electron chi connectivity index (χ3n) is 6.72. The number of hydrogen-bond acceptors (Lipinski definition) is 6. The fraction of sp³-hybridized carbons (Fsp3) is 0.812. The van der Waals surface area contributed by atoms with Crippen LogP contribution in [0.3, 0.4) is 0 Å². The number of allylic oxidation sites excluding steroid dienone is 4. The van der Waals surface area contributed by atoms with E-state index in [1.807, 2.05) is 0 Å². The van der Waals surface area contributed by atoms with Crippen molar-refractivity contribution in [3.8, 4) is 0 Å². The first kappa shape index (κ1) is 39.5. The number of carbonyl (C=O) groups excluding carboxylic acids is 2. The largest absolute Gasteiger partial charge is 0.469 e. The van der Waals surface area contributed by atoms with Gasteiger partial charge in [-0.2, -0.15) is 0 Å². The van der Waals surface area contributed by atoms with Crippen molar-refractivity contribution in [3.05, 3.63) is 24.3 Å². The zero-order valence-electron chi connectivity index (χ0n) is 25.9. The minimum Gasteiger partial charge on any atom is -0.462 e. The van der Waals surface area contributed by atoms with Gasteiger partial charge in [0.1, 0.15) is 6.61 Å². The third kappa shape index (κ3) is 31.3. The first-order valence-corrected chi connectivity index (χ1v) is 17.7. The Bertz CT molecular complexity index is 731. The number of esters is 2. The molecule has 0 saturated heterocycles. The van der Waals surface area contributed by atoms with Crippen molar-refractivity contribution in [2.75, 3.05) is 13.2 Å². The van der Waals surface area contributed by atoms with E-state index in [4.69, 9.17) is 19.3 Å². The number of carbonyl (C=O) groups is 2. The van der Waals surface area contributed by atoms with Gasteiger partial charge < -0.3 is 19.3 Å². The van der Waals surface area contributed by atoms with E-state index in [2.05, 4.69) is 42.7 Å². The topological polar surface area (TPSA) is 119 Å². The van der Waals surface area contributed by atoms with E-state index in [1.54, 1.807) is 0 Å². The van der Waals surface area contributed by atoms with Gasteiger partial charge in [0.25, 0.3) is 0 Å². The summed E-state index contributed by atoms with van der Waals surface area (Å²) in [5.74, 6) is -0.905. The number of unbranched alkanes of at least 4 members (excludes halogenated alkanes) is 15. The van der Waals surface area contributed by atoms with Gasteiger partial charge in [0.2, 0.25) is 0 Å². The second-order valence-corrected chi connectivity index (χ2v) is 12.0. The highest BCUT2D eigenvalue weighted by Crippen LogP contribution is 2.35. The Morgan fingerprint density at radius 3 is 1.68 bits per heavy atom. The molecule has 0 rings (SSSR count). The Morgan fingerprint density at radius 1 is 0.634 bits per heavy atom. The smallest absolute Gasteiger partial charge is 0.462 e. The van der Waals surface area contributed by atoms with E-state index >= 15 is 0 Å². The highest BCUT2D eigenvalue weighted by molar-refractivity contribution is 7.46.